The number of rotatable bonds is 4. The van der Waals surface area contributed by atoms with Crippen LogP contribution in [-0.2, 0) is 6.18 Å². The van der Waals surface area contributed by atoms with Crippen molar-refractivity contribution in [3.63, 3.8) is 0 Å². The first kappa shape index (κ1) is 24.3. The van der Waals surface area contributed by atoms with Crippen molar-refractivity contribution in [2.24, 2.45) is 0 Å². The predicted octanol–water partition coefficient (Wildman–Crippen LogP) is 3.54. The van der Waals surface area contributed by atoms with Gasteiger partial charge in [-0.3, -0.25) is 13.9 Å². The lowest BCUT2D eigenvalue weighted by molar-refractivity contribution is -0.137. The van der Waals surface area contributed by atoms with Gasteiger partial charge in [-0.2, -0.15) is 23.5 Å². The molecule has 0 spiro atoms. The molecule has 37 heavy (non-hydrogen) atoms. The standard InChI is InChI=1S/C26H21F3N6O2/c1-16-23(22-10-11-31-35(22)19-8-6-17(13-30)7-9-19)24(36)34(21-14-32(2)15-21)25(37)33(16)20-5-3-4-18(12-20)26(27,28)29/h3-12,21H,14-15H2,1-2H3. The Kier molecular flexibility index (Phi) is 5.84. The van der Waals surface area contributed by atoms with E-state index in [9.17, 15) is 22.8 Å². The maximum Gasteiger partial charge on any atom is 0.416 e. The van der Waals surface area contributed by atoms with Crippen molar-refractivity contribution in [1.82, 2.24) is 23.8 Å². The molecule has 8 nitrogen and oxygen atoms in total. The van der Waals surface area contributed by atoms with Crippen molar-refractivity contribution in [1.29, 1.82) is 5.26 Å². The summed E-state index contributed by atoms with van der Waals surface area (Å²) >= 11 is 0. The van der Waals surface area contributed by atoms with E-state index in [4.69, 9.17) is 5.26 Å². The summed E-state index contributed by atoms with van der Waals surface area (Å²) in [6.07, 6.45) is -3.11. The van der Waals surface area contributed by atoms with Gasteiger partial charge in [0.2, 0.25) is 0 Å². The molecule has 0 radical (unpaired) electrons. The molecule has 2 aromatic heterocycles. The number of nitrogens with zero attached hydrogens (tertiary/aromatic N) is 6. The highest BCUT2D eigenvalue weighted by molar-refractivity contribution is 5.64. The van der Waals surface area contributed by atoms with Crippen LogP contribution in [0.4, 0.5) is 13.2 Å². The van der Waals surface area contributed by atoms with Crippen LogP contribution in [0.25, 0.3) is 22.6 Å². The normalized spacial score (nSPS) is 14.4. The third kappa shape index (κ3) is 4.15. The van der Waals surface area contributed by atoms with Crippen LogP contribution in [0.15, 0.2) is 70.4 Å². The van der Waals surface area contributed by atoms with Crippen LogP contribution in [0.3, 0.4) is 0 Å². The molecule has 0 atom stereocenters. The number of hydrogen-bond acceptors (Lipinski definition) is 5. The van der Waals surface area contributed by atoms with E-state index in [1.807, 2.05) is 18.0 Å². The van der Waals surface area contributed by atoms with Crippen molar-refractivity contribution < 1.29 is 13.2 Å². The Balaban J connectivity index is 1.79. The lowest BCUT2D eigenvalue weighted by Crippen LogP contribution is -2.54. The third-order valence-corrected chi connectivity index (χ3v) is 6.51. The number of halogens is 3. The minimum absolute atomic E-state index is 0.00411. The molecule has 0 aliphatic carbocycles. The monoisotopic (exact) mass is 506 g/mol. The zero-order valence-electron chi connectivity index (χ0n) is 19.9. The maximum absolute atomic E-state index is 13.8. The predicted molar refractivity (Wildman–Crippen MR) is 130 cm³/mol. The third-order valence-electron chi connectivity index (χ3n) is 6.51. The van der Waals surface area contributed by atoms with Gasteiger partial charge in [0.1, 0.15) is 0 Å². The minimum atomic E-state index is -4.60. The second kappa shape index (κ2) is 8.90. The van der Waals surface area contributed by atoms with Gasteiger partial charge in [-0.15, -0.1) is 0 Å². The molecule has 1 aliphatic heterocycles. The summed E-state index contributed by atoms with van der Waals surface area (Å²) in [7, 11) is 1.85. The van der Waals surface area contributed by atoms with Gasteiger partial charge in [-0.1, -0.05) is 6.07 Å². The van der Waals surface area contributed by atoms with Gasteiger partial charge in [0.15, 0.2) is 0 Å². The molecule has 3 heterocycles. The second-order valence-corrected chi connectivity index (χ2v) is 8.96. The smallest absolute Gasteiger partial charge is 0.302 e. The fourth-order valence-electron chi connectivity index (χ4n) is 4.67. The summed E-state index contributed by atoms with van der Waals surface area (Å²) in [6, 6.07) is 14.3. The number of nitriles is 1. The minimum Gasteiger partial charge on any atom is -0.302 e. The summed E-state index contributed by atoms with van der Waals surface area (Å²) < 4.78 is 44.2. The molecule has 0 saturated carbocycles. The van der Waals surface area contributed by atoms with Crippen LogP contribution in [-0.4, -0.2) is 44.0 Å². The molecule has 5 rings (SSSR count). The fraction of sp³-hybridized carbons (Fsp3) is 0.231. The van der Waals surface area contributed by atoms with E-state index in [0.717, 1.165) is 21.3 Å². The van der Waals surface area contributed by atoms with Crippen LogP contribution in [0, 0.1) is 18.3 Å². The number of alkyl halides is 3. The first-order chi connectivity index (χ1) is 17.6. The maximum atomic E-state index is 13.8. The van der Waals surface area contributed by atoms with Crippen LogP contribution in [0.1, 0.15) is 22.9 Å². The Labute approximate surface area is 209 Å². The Morgan fingerprint density at radius 3 is 2.35 bits per heavy atom. The second-order valence-electron chi connectivity index (χ2n) is 8.96. The zero-order valence-corrected chi connectivity index (χ0v) is 19.9. The first-order valence-electron chi connectivity index (χ1n) is 11.4. The SMILES string of the molecule is Cc1c(-c2ccnn2-c2ccc(C#N)cc2)c(=O)n(C2CN(C)C2)c(=O)n1-c1cccc(C(F)(F)F)c1. The van der Waals surface area contributed by atoms with Gasteiger partial charge >= 0.3 is 11.9 Å². The first-order valence-corrected chi connectivity index (χ1v) is 11.4. The number of benzene rings is 2. The van der Waals surface area contributed by atoms with Gasteiger partial charge in [0.05, 0.1) is 52.1 Å². The van der Waals surface area contributed by atoms with Crippen molar-refractivity contribution in [2.45, 2.75) is 19.1 Å². The van der Waals surface area contributed by atoms with E-state index >= 15 is 0 Å². The Morgan fingerprint density at radius 1 is 1.03 bits per heavy atom. The molecule has 0 N–H and O–H groups in total. The summed E-state index contributed by atoms with van der Waals surface area (Å²) in [6.45, 7) is 2.44. The summed E-state index contributed by atoms with van der Waals surface area (Å²) in [5.74, 6) is 0. The molecular formula is C26H21F3N6O2. The van der Waals surface area contributed by atoms with E-state index < -0.39 is 29.0 Å². The molecule has 1 saturated heterocycles. The van der Waals surface area contributed by atoms with E-state index in [1.54, 1.807) is 30.3 Å². The van der Waals surface area contributed by atoms with Crippen LogP contribution >= 0.6 is 0 Å². The Morgan fingerprint density at radius 2 is 1.73 bits per heavy atom. The molecule has 2 aromatic carbocycles. The molecule has 0 unspecified atom stereocenters. The van der Waals surface area contributed by atoms with Crippen molar-refractivity contribution in [2.75, 3.05) is 20.1 Å². The fourth-order valence-corrected chi connectivity index (χ4v) is 4.67. The van der Waals surface area contributed by atoms with Gasteiger partial charge in [0.25, 0.3) is 5.56 Å². The molecule has 0 amide bonds. The van der Waals surface area contributed by atoms with Gasteiger partial charge in [-0.05, 0) is 62.5 Å². The van der Waals surface area contributed by atoms with Crippen molar-refractivity contribution >= 4 is 0 Å². The van der Waals surface area contributed by atoms with Crippen molar-refractivity contribution in [3.8, 4) is 28.7 Å². The average Bonchev–Trinajstić information content (AvgIpc) is 3.32. The molecular weight excluding hydrogens is 485 g/mol. The van der Waals surface area contributed by atoms with Crippen molar-refractivity contribution in [3.05, 3.63) is 98.5 Å². The summed E-state index contributed by atoms with van der Waals surface area (Å²) in [5, 5.41) is 13.4. The summed E-state index contributed by atoms with van der Waals surface area (Å²) in [5.41, 5.74) is -0.414. The quantitative estimate of drug-likeness (QED) is 0.423. The van der Waals surface area contributed by atoms with E-state index in [0.29, 0.717) is 30.0 Å². The lowest BCUT2D eigenvalue weighted by Gasteiger charge is -2.37. The van der Waals surface area contributed by atoms with Gasteiger partial charge < -0.3 is 4.90 Å². The molecule has 0 bridgehead atoms. The molecule has 1 fully saturated rings. The molecule has 188 valence electrons. The lowest BCUT2D eigenvalue weighted by atomic mass is 10.1. The van der Waals surface area contributed by atoms with Gasteiger partial charge in [-0.25, -0.2) is 9.48 Å². The van der Waals surface area contributed by atoms with Crippen LogP contribution < -0.4 is 11.2 Å². The Bertz CT molecular complexity index is 1650. The Hall–Kier alpha value is -4.43. The summed E-state index contributed by atoms with van der Waals surface area (Å²) in [4.78, 5) is 29.4. The van der Waals surface area contributed by atoms with E-state index in [2.05, 4.69) is 5.10 Å². The topological polar surface area (TPSA) is 88.8 Å². The molecule has 11 heteroatoms. The highest BCUT2D eigenvalue weighted by atomic mass is 19.4. The van der Waals surface area contributed by atoms with E-state index in [-0.39, 0.29) is 16.9 Å². The van der Waals surface area contributed by atoms with Crippen LogP contribution in [0.5, 0.6) is 0 Å². The highest BCUT2D eigenvalue weighted by Crippen LogP contribution is 2.31. The largest absolute Gasteiger partial charge is 0.416 e. The number of likely N-dealkylation sites (tertiary alicyclic amines) is 1. The average molecular weight is 506 g/mol. The van der Waals surface area contributed by atoms with E-state index in [1.165, 1.54) is 29.9 Å². The zero-order chi connectivity index (χ0) is 26.5. The highest BCUT2D eigenvalue weighted by Gasteiger charge is 2.33. The number of hydrogen-bond donors (Lipinski definition) is 0. The van der Waals surface area contributed by atoms with Crippen LogP contribution in [0.2, 0.25) is 0 Å². The van der Waals surface area contributed by atoms with Gasteiger partial charge in [0, 0.05) is 18.8 Å². The molecule has 4 aromatic rings. The molecule has 1 aliphatic rings. The number of aromatic nitrogens is 4. The number of likely N-dealkylation sites (N-methyl/N-ethyl adjacent to an activating group) is 1.